The number of nitrogens with zero attached hydrogens (tertiary/aromatic N) is 5. The van der Waals surface area contributed by atoms with Gasteiger partial charge in [-0.15, -0.1) is 0 Å². The first-order valence-corrected chi connectivity index (χ1v) is 42.4. The fraction of sp³-hybridized carbons (Fsp3) is 0.469. The second-order valence-electron chi connectivity index (χ2n) is 33.0. The van der Waals surface area contributed by atoms with E-state index in [9.17, 15) is 6.57 Å². The largest absolute Gasteiger partial charge is 0.271 e. The highest BCUT2D eigenvalue weighted by Crippen LogP contribution is 2.58. The topological polar surface area (TPSA) is 161 Å². The molecule has 16 rings (SSSR count). The third kappa shape index (κ3) is 11.2. The lowest BCUT2D eigenvalue weighted by molar-refractivity contribution is 0.387. The number of pyridine rings is 4. The Morgan fingerprint density at radius 2 is 0.450 bits per heavy atom. The van der Waals surface area contributed by atoms with Crippen molar-refractivity contribution in [2.75, 3.05) is 0 Å². The average Bonchev–Trinajstić information content (AvgIpc) is 0.646. The van der Waals surface area contributed by atoms with Crippen molar-refractivity contribution in [2.45, 2.75) is 292 Å². The molecule has 0 aliphatic heterocycles. The van der Waals surface area contributed by atoms with E-state index < -0.39 is 28.8 Å². The zero-order valence-corrected chi connectivity index (χ0v) is 65.7. The van der Waals surface area contributed by atoms with Gasteiger partial charge in [0.15, 0.2) is 5.69 Å². The Labute approximate surface area is 634 Å². The first-order valence-electron chi connectivity index (χ1n) is 42.4. The number of aromatic nitrogens is 4. The van der Waals surface area contributed by atoms with Crippen molar-refractivity contribution >= 4 is 167 Å². The molecule has 0 aliphatic carbocycles. The van der Waals surface area contributed by atoms with Crippen LogP contribution in [0.5, 0.6) is 0 Å². The van der Waals surface area contributed by atoms with Gasteiger partial charge in [0, 0.05) is 88.8 Å². The van der Waals surface area contributed by atoms with Gasteiger partial charge in [-0.1, -0.05) is 222 Å². The average molecular weight is 1460 g/mol. The van der Waals surface area contributed by atoms with Crippen molar-refractivity contribution in [3.63, 3.8) is 0 Å². The molecular formula is C96H105N5O8. The molecular weight excluding hydrogens is 1350 g/mol. The van der Waals surface area contributed by atoms with Crippen LogP contribution in [-0.2, 0) is 0 Å². The number of hydrogen-bond donors (Lipinski definition) is 0. The van der Waals surface area contributed by atoms with Crippen LogP contribution in [0.2, 0.25) is 0 Å². The number of hydrogen-bond acceptors (Lipinski definition) is 8. The van der Waals surface area contributed by atoms with Crippen LogP contribution in [0.1, 0.15) is 291 Å². The van der Waals surface area contributed by atoms with Crippen LogP contribution in [0.15, 0.2) is 99.0 Å². The molecule has 4 aromatic heterocycles. The highest BCUT2D eigenvalue weighted by molar-refractivity contribution is 6.57. The van der Waals surface area contributed by atoms with Gasteiger partial charge < -0.3 is 0 Å². The maximum Gasteiger partial charge on any atom is 0.261 e. The molecule has 0 radical (unpaired) electrons. The van der Waals surface area contributed by atoms with Gasteiger partial charge in [-0.3, -0.25) is 56.6 Å². The molecule has 4 heterocycles. The van der Waals surface area contributed by atoms with E-state index in [2.05, 4.69) is 60.2 Å². The summed E-state index contributed by atoms with van der Waals surface area (Å²) in [6.07, 6.45) is 27.1. The van der Waals surface area contributed by atoms with Crippen LogP contribution in [0.25, 0.3) is 166 Å². The van der Waals surface area contributed by atoms with Gasteiger partial charge in [0.1, 0.15) is 0 Å². The van der Waals surface area contributed by atoms with Crippen molar-refractivity contribution in [3.8, 4) is 0 Å². The summed E-state index contributed by atoms with van der Waals surface area (Å²) in [4.78, 5) is 135. The van der Waals surface area contributed by atoms with E-state index in [-0.39, 0.29) is 51.0 Å². The van der Waals surface area contributed by atoms with Crippen LogP contribution in [0.3, 0.4) is 0 Å². The van der Waals surface area contributed by atoms with Crippen molar-refractivity contribution in [1.29, 1.82) is 0 Å². The number of benzene rings is 12. The molecule has 0 fully saturated rings. The van der Waals surface area contributed by atoms with Crippen LogP contribution < -0.4 is 44.5 Å². The van der Waals surface area contributed by atoms with Crippen molar-refractivity contribution in [1.82, 2.24) is 18.3 Å². The lowest BCUT2D eigenvalue weighted by Crippen LogP contribution is -2.37. The number of fused-ring (bicyclic) bond motifs is 7. The lowest BCUT2D eigenvalue weighted by atomic mass is 9.75. The maximum absolute atomic E-state index is 16.7. The molecule has 13 heteroatoms. The molecule has 562 valence electrons. The summed E-state index contributed by atoms with van der Waals surface area (Å²) in [6, 6.07) is 17.8. The fourth-order valence-electron chi connectivity index (χ4n) is 21.1. The minimum absolute atomic E-state index is 0.205. The van der Waals surface area contributed by atoms with E-state index in [1.807, 2.05) is 61.5 Å². The minimum Gasteiger partial charge on any atom is -0.271 e. The van der Waals surface area contributed by atoms with E-state index in [0.29, 0.717) is 181 Å². The molecule has 0 N–H and O–H groups in total. The highest BCUT2D eigenvalue weighted by atomic mass is 16.2. The maximum atomic E-state index is 16.7. The van der Waals surface area contributed by atoms with Crippen LogP contribution in [-0.4, -0.2) is 18.3 Å². The summed E-state index contributed by atoms with van der Waals surface area (Å²) >= 11 is 0. The molecule has 0 atom stereocenters. The van der Waals surface area contributed by atoms with E-state index >= 15 is 38.4 Å². The van der Waals surface area contributed by atoms with Gasteiger partial charge >= 0.3 is 0 Å². The highest BCUT2D eigenvalue weighted by Gasteiger charge is 2.36. The molecule has 0 saturated carbocycles. The van der Waals surface area contributed by atoms with Crippen LogP contribution >= 0.6 is 0 Å². The zero-order chi connectivity index (χ0) is 76.1. The lowest BCUT2D eigenvalue weighted by Gasteiger charge is -2.28. The molecule has 16 aromatic rings. The molecule has 0 amide bonds. The third-order valence-corrected chi connectivity index (χ3v) is 26.2. The molecule has 0 unspecified atom stereocenters. The molecule has 0 saturated heterocycles. The molecule has 0 aliphatic rings. The first-order chi connectivity index (χ1) is 53.1. The Morgan fingerprint density at radius 3 is 0.734 bits per heavy atom. The van der Waals surface area contributed by atoms with Gasteiger partial charge in [-0.2, -0.15) is 0 Å². The summed E-state index contributed by atoms with van der Waals surface area (Å²) in [6.45, 7) is 28.6. The van der Waals surface area contributed by atoms with E-state index in [4.69, 9.17) is 0 Å². The molecule has 12 aromatic carbocycles. The number of unbranched alkanes of at least 4 members (excludes halogenated alkanes) is 16. The van der Waals surface area contributed by atoms with Gasteiger partial charge in [0.05, 0.1) is 6.57 Å². The van der Waals surface area contributed by atoms with Gasteiger partial charge in [-0.05, 0) is 209 Å². The van der Waals surface area contributed by atoms with E-state index in [0.717, 1.165) is 187 Å². The fourth-order valence-corrected chi connectivity index (χ4v) is 21.1. The Bertz CT molecular complexity index is 6710. The quantitative estimate of drug-likeness (QED) is 0.0162. The molecule has 0 bridgehead atoms. The standard InChI is InChI=1S/C96H105N5O8/c1-11-19-27-35-54(36-28-20-12-2)98-89(102)60-45-43-58-73-53(9)47-66-78-69(94(107)100(91(66)104)56(39-31-23-15-5)40-32-24-16-6)50-64-76-63-49-68-75-61(90(103)99(93(68)106)55(37-29-21-13-3)38-30-22-14-4)46-44-59-80-72(97-10)52-71-79-70(95(108)101(96(71)109)57(41-33-25-17-7)42-34-26-18-8)51-65(86(88(79)80)84(63)82(59)75)77(76)62-48-67(92(98)105)74(60)81(58)83(62)85(64)87(73)78/h43-52,54-57H,11-42H2,1-9H3. The summed E-state index contributed by atoms with van der Waals surface area (Å²) in [5.41, 5.74) is -2.01. The summed E-state index contributed by atoms with van der Waals surface area (Å²) in [5, 5.41) is 17.0. The Hall–Kier alpha value is -9.41. The third-order valence-electron chi connectivity index (χ3n) is 26.2. The number of aryl methyl sites for hydroxylation is 1. The monoisotopic (exact) mass is 1460 g/mol. The normalized spacial score (nSPS) is 13.0. The van der Waals surface area contributed by atoms with Gasteiger partial charge in [0.25, 0.3) is 44.5 Å². The smallest absolute Gasteiger partial charge is 0.261 e. The Kier molecular flexibility index (Phi) is 20.1. The minimum atomic E-state index is -0.433. The predicted molar refractivity (Wildman–Crippen MR) is 461 cm³/mol. The number of rotatable bonds is 36. The van der Waals surface area contributed by atoms with E-state index in [1.54, 1.807) is 19.8 Å². The zero-order valence-electron chi connectivity index (χ0n) is 65.7. The SMILES string of the molecule is [C-]#[N+]c1cc2c(=O)n(C(CCCCC)CCCCC)c(=O)c3cc4c5c6cc7c(=O)n(C(CCCCC)CCCCC)c(=O)c8ccc9c%10c(C)cc%11c(=O)n(C(CCCCC)CCCCC)c(=O)c%12cc(c5c5cc%13c(=O)n(C(CCCCC)CCCCC)c(=O)c%14ccc%15c1c(c23)c4c5c%15c%14%13)c(c6c9c87)c%10c%11%12. The van der Waals surface area contributed by atoms with Gasteiger partial charge in [0.2, 0.25) is 0 Å². The van der Waals surface area contributed by atoms with Crippen molar-refractivity contribution in [2.24, 2.45) is 0 Å². The molecule has 109 heavy (non-hydrogen) atoms. The summed E-state index contributed by atoms with van der Waals surface area (Å²) < 4.78 is 6.23. The molecule has 0 spiro atoms. The van der Waals surface area contributed by atoms with Crippen molar-refractivity contribution < 1.29 is 0 Å². The Balaban J connectivity index is 1.21. The van der Waals surface area contributed by atoms with Gasteiger partial charge in [-0.25, -0.2) is 4.85 Å². The Morgan fingerprint density at radius 1 is 0.239 bits per heavy atom. The first kappa shape index (κ1) is 73.7. The van der Waals surface area contributed by atoms with Crippen LogP contribution in [0.4, 0.5) is 5.69 Å². The second kappa shape index (κ2) is 29.8. The molecule has 13 nitrogen and oxygen atoms in total. The second-order valence-corrected chi connectivity index (χ2v) is 33.0. The van der Waals surface area contributed by atoms with Crippen LogP contribution in [0, 0.1) is 13.5 Å². The predicted octanol–water partition coefficient (Wildman–Crippen LogP) is 24.2. The summed E-state index contributed by atoms with van der Waals surface area (Å²) in [7, 11) is 0. The van der Waals surface area contributed by atoms with Crippen molar-refractivity contribution in [3.05, 3.63) is 160 Å². The van der Waals surface area contributed by atoms with E-state index in [1.165, 1.54) is 4.57 Å². The summed E-state index contributed by atoms with van der Waals surface area (Å²) in [5.74, 6) is 0.